The molecular formula is C42H78N5O12P. The molecule has 0 bridgehead atoms. The zero-order valence-electron chi connectivity index (χ0n) is 36.1. The van der Waals surface area contributed by atoms with E-state index in [0.717, 1.165) is 64.1 Å². The summed E-state index contributed by atoms with van der Waals surface area (Å²) in [5.74, 6) is -1.82. The van der Waals surface area contributed by atoms with Gasteiger partial charge in [-0.3, -0.25) is 29.1 Å². The summed E-state index contributed by atoms with van der Waals surface area (Å²) in [7, 11) is 2.32. The van der Waals surface area contributed by atoms with Gasteiger partial charge in [0, 0.05) is 38.9 Å². The van der Waals surface area contributed by atoms with E-state index in [1.54, 1.807) is 0 Å². The molecule has 0 aliphatic carbocycles. The quantitative estimate of drug-likeness (QED) is 0.0197. The van der Waals surface area contributed by atoms with Gasteiger partial charge in [0.05, 0.1) is 51.7 Å². The van der Waals surface area contributed by atoms with E-state index in [2.05, 4.69) is 42.3 Å². The number of rotatable bonds is 45. The van der Waals surface area contributed by atoms with Crippen LogP contribution in [0, 0.1) is 0 Å². The number of hydrogen-bond acceptors (Lipinski definition) is 12. The van der Waals surface area contributed by atoms with Gasteiger partial charge in [-0.25, -0.2) is 0 Å². The predicted octanol–water partition coefficient (Wildman–Crippen LogP) is 4.18. The van der Waals surface area contributed by atoms with Crippen molar-refractivity contribution in [1.29, 1.82) is 0 Å². The first-order chi connectivity index (χ1) is 29.1. The van der Waals surface area contributed by atoms with Crippen molar-refractivity contribution >= 4 is 45.3 Å². The van der Waals surface area contributed by atoms with Gasteiger partial charge in [0.2, 0.25) is 23.6 Å². The van der Waals surface area contributed by atoms with Crippen LogP contribution in [0.3, 0.4) is 0 Å². The molecule has 0 aromatic carbocycles. The number of carboxylic acids is 1. The number of carbonyl (C=O) groups excluding carboxylic acids is 5. The van der Waals surface area contributed by atoms with Crippen LogP contribution in [0.4, 0.5) is 0 Å². The second-order valence-corrected chi connectivity index (χ2v) is 15.1. The van der Waals surface area contributed by atoms with Crippen LogP contribution >= 0.6 is 9.39 Å². The Hall–Kier alpha value is -3.21. The Bertz CT molecular complexity index is 1150. The number of aliphatic hydroxyl groups excluding tert-OH is 1. The fourth-order valence-electron chi connectivity index (χ4n) is 5.94. The summed E-state index contributed by atoms with van der Waals surface area (Å²) in [6.07, 6.45) is 19.6. The Labute approximate surface area is 360 Å². The van der Waals surface area contributed by atoms with E-state index < -0.39 is 12.0 Å². The number of carbonyl (C=O) groups is 6. The third-order valence-corrected chi connectivity index (χ3v) is 9.86. The number of hydrogen-bond donors (Lipinski definition) is 7. The van der Waals surface area contributed by atoms with Crippen molar-refractivity contribution in [3.8, 4) is 0 Å². The monoisotopic (exact) mass is 876 g/mol. The molecular weight excluding hydrogens is 797 g/mol. The largest absolute Gasteiger partial charge is 0.511 e. The third-order valence-electron chi connectivity index (χ3n) is 9.43. The molecule has 0 heterocycles. The number of aldehydes is 1. The molecule has 0 aromatic heterocycles. The van der Waals surface area contributed by atoms with Crippen LogP contribution in [0.15, 0.2) is 12.3 Å². The molecule has 0 aliphatic rings. The van der Waals surface area contributed by atoms with Crippen molar-refractivity contribution in [2.24, 2.45) is 0 Å². The minimum atomic E-state index is -0.707. The highest BCUT2D eigenvalue weighted by atomic mass is 31.0. The summed E-state index contributed by atoms with van der Waals surface area (Å²) in [5, 5.41) is 32.4. The molecule has 0 aromatic rings. The Kier molecular flexibility index (Phi) is 40.2. The SMILES string of the molecule is C=C(O)[C@H](CCC(=O)NCCOCCOCC(=O)NCCOCCOCC(=O)NCCCC[C@@H](C=O)NP)NC(=O)CCCCCCCCCCCCCCCCC(=O)O. The molecule has 1 unspecified atom stereocenters. The minimum absolute atomic E-state index is 0.0711. The molecule has 0 aliphatic heterocycles. The van der Waals surface area contributed by atoms with Crippen LogP contribution in [0.1, 0.15) is 135 Å². The highest BCUT2D eigenvalue weighted by molar-refractivity contribution is 7.13. The topological polar surface area (TPSA) is 240 Å². The van der Waals surface area contributed by atoms with Gasteiger partial charge in [0.1, 0.15) is 25.3 Å². The van der Waals surface area contributed by atoms with Crippen LogP contribution in [0.2, 0.25) is 0 Å². The number of nitrogens with one attached hydrogen (secondary N) is 5. The van der Waals surface area contributed by atoms with Gasteiger partial charge < -0.3 is 55.2 Å². The summed E-state index contributed by atoms with van der Waals surface area (Å²) in [6, 6.07) is -0.888. The number of aliphatic hydroxyl groups is 1. The molecule has 18 heteroatoms. The molecule has 0 spiro atoms. The number of amides is 4. The summed E-state index contributed by atoms with van der Waals surface area (Å²) >= 11 is 0. The van der Waals surface area contributed by atoms with E-state index in [1.807, 2.05) is 0 Å². The fourth-order valence-corrected chi connectivity index (χ4v) is 6.19. The van der Waals surface area contributed by atoms with Crippen molar-refractivity contribution in [2.45, 2.75) is 147 Å². The van der Waals surface area contributed by atoms with Crippen molar-refractivity contribution in [1.82, 2.24) is 26.4 Å². The van der Waals surface area contributed by atoms with Gasteiger partial charge >= 0.3 is 5.97 Å². The van der Waals surface area contributed by atoms with E-state index in [0.29, 0.717) is 25.9 Å². The maximum atomic E-state index is 12.4. The zero-order chi connectivity index (χ0) is 44.3. The lowest BCUT2D eigenvalue weighted by atomic mass is 10.0. The molecule has 17 nitrogen and oxygen atoms in total. The molecule has 4 amide bonds. The van der Waals surface area contributed by atoms with Crippen molar-refractivity contribution < 1.29 is 57.9 Å². The lowest BCUT2D eigenvalue weighted by Crippen LogP contribution is -2.37. The normalized spacial score (nSPS) is 12.0. The van der Waals surface area contributed by atoms with E-state index in [4.69, 9.17) is 24.1 Å². The fraction of sp³-hybridized carbons (Fsp3) is 0.810. The summed E-state index contributed by atoms with van der Waals surface area (Å²) in [4.78, 5) is 69.6. The number of ether oxygens (including phenoxy) is 4. The predicted molar refractivity (Wildman–Crippen MR) is 233 cm³/mol. The lowest BCUT2D eigenvalue weighted by molar-refractivity contribution is -0.137. The summed E-state index contributed by atoms with van der Waals surface area (Å²) in [5.41, 5.74) is 0. The number of carboxylic acid groups (broad SMARTS) is 1. The molecule has 0 rings (SSSR count). The van der Waals surface area contributed by atoms with Crippen LogP contribution in [0.25, 0.3) is 0 Å². The number of unbranched alkanes of at least 4 members (excludes halogenated alkanes) is 14. The first-order valence-electron chi connectivity index (χ1n) is 22.0. The van der Waals surface area contributed by atoms with Crippen LogP contribution in [-0.4, -0.2) is 131 Å². The minimum Gasteiger partial charge on any atom is -0.511 e. The standard InChI is InChI=1S/C42H78N5O12P/c1-35(49)37(46-39(51)19-14-12-10-8-6-4-2-3-5-7-9-11-13-15-20-42(54)55)21-22-38(50)44-24-26-56-28-31-59-34-41(53)45-25-27-57-29-30-58-33-40(52)43-23-17-16-18-36(32-48)47-60/h32,36-37,47,49H,1-31,33-34,60H2,(H,43,52)(H,44,50)(H,45,53)(H,46,51)(H,54,55)/t36-,37-/m0/s1. The van der Waals surface area contributed by atoms with Gasteiger partial charge in [0.25, 0.3) is 0 Å². The molecule has 3 atom stereocenters. The molecule has 60 heavy (non-hydrogen) atoms. The maximum Gasteiger partial charge on any atom is 0.303 e. The highest BCUT2D eigenvalue weighted by Gasteiger charge is 2.17. The summed E-state index contributed by atoms with van der Waals surface area (Å²) in [6.45, 7) is 5.90. The van der Waals surface area contributed by atoms with E-state index in [9.17, 15) is 33.9 Å². The smallest absolute Gasteiger partial charge is 0.303 e. The average molecular weight is 876 g/mol. The van der Waals surface area contributed by atoms with Crippen molar-refractivity contribution in [3.63, 3.8) is 0 Å². The Balaban J connectivity index is 3.65. The van der Waals surface area contributed by atoms with Gasteiger partial charge in [0.15, 0.2) is 0 Å². The van der Waals surface area contributed by atoms with Gasteiger partial charge in [-0.05, 0) is 38.5 Å². The molecule has 7 N–H and O–H groups in total. The second-order valence-electron chi connectivity index (χ2n) is 14.8. The molecule has 0 fully saturated rings. The Morgan fingerprint density at radius 2 is 0.967 bits per heavy atom. The van der Waals surface area contributed by atoms with Crippen LogP contribution in [0.5, 0.6) is 0 Å². The van der Waals surface area contributed by atoms with Gasteiger partial charge in [-0.15, -0.1) is 0 Å². The highest BCUT2D eigenvalue weighted by Crippen LogP contribution is 2.14. The maximum absolute atomic E-state index is 12.4. The molecule has 0 saturated carbocycles. The summed E-state index contributed by atoms with van der Waals surface area (Å²) < 4.78 is 21.4. The van der Waals surface area contributed by atoms with Crippen molar-refractivity contribution in [3.05, 3.63) is 12.3 Å². The third kappa shape index (κ3) is 40.2. The first kappa shape index (κ1) is 56.8. The number of aliphatic carboxylic acids is 1. The molecule has 0 radical (unpaired) electrons. The van der Waals surface area contributed by atoms with Crippen LogP contribution < -0.4 is 26.4 Å². The van der Waals surface area contributed by atoms with E-state index >= 15 is 0 Å². The van der Waals surface area contributed by atoms with Crippen molar-refractivity contribution in [2.75, 3.05) is 72.5 Å². The average Bonchev–Trinajstić information content (AvgIpc) is 3.22. The zero-order valence-corrected chi connectivity index (χ0v) is 37.3. The van der Waals surface area contributed by atoms with Crippen LogP contribution in [-0.2, 0) is 47.7 Å². The van der Waals surface area contributed by atoms with Gasteiger partial charge in [-0.2, -0.15) is 0 Å². The Morgan fingerprint density at radius 3 is 1.43 bits per heavy atom. The lowest BCUT2D eigenvalue weighted by Gasteiger charge is -2.17. The van der Waals surface area contributed by atoms with E-state index in [1.165, 1.54) is 44.9 Å². The van der Waals surface area contributed by atoms with Gasteiger partial charge in [-0.1, -0.05) is 93.0 Å². The van der Waals surface area contributed by atoms with E-state index in [-0.39, 0.29) is 114 Å². The first-order valence-corrected chi connectivity index (χ1v) is 22.6. The second kappa shape index (κ2) is 42.5. The Morgan fingerprint density at radius 1 is 0.517 bits per heavy atom. The molecule has 348 valence electrons. The molecule has 0 saturated heterocycles.